The van der Waals surface area contributed by atoms with E-state index in [1.807, 2.05) is 13.0 Å². The van der Waals surface area contributed by atoms with E-state index in [9.17, 15) is 4.79 Å². The van der Waals surface area contributed by atoms with Gasteiger partial charge in [0.05, 0.1) is 43.3 Å². The van der Waals surface area contributed by atoms with Crippen molar-refractivity contribution in [3.05, 3.63) is 28.6 Å². The molecule has 0 aromatic carbocycles. The van der Waals surface area contributed by atoms with Gasteiger partial charge in [-0.3, -0.25) is 4.98 Å². The predicted octanol–water partition coefficient (Wildman–Crippen LogP) is 1.45. The van der Waals surface area contributed by atoms with Crippen molar-refractivity contribution in [3.8, 4) is 0 Å². The smallest absolute Gasteiger partial charge is 0.339 e. The Bertz CT molecular complexity index is 529. The van der Waals surface area contributed by atoms with Crippen LogP contribution in [0, 0.1) is 6.92 Å². The van der Waals surface area contributed by atoms with E-state index in [0.717, 1.165) is 29.8 Å². The first-order chi connectivity index (χ1) is 9.69. The van der Waals surface area contributed by atoms with Gasteiger partial charge in [-0.25, -0.2) is 4.79 Å². The van der Waals surface area contributed by atoms with E-state index in [2.05, 4.69) is 4.98 Å². The lowest BCUT2D eigenvalue weighted by atomic mass is 9.89. The number of hydrogen-bond acceptors (Lipinski definition) is 5. The maximum absolute atomic E-state index is 11.9. The molecule has 0 spiro atoms. The van der Waals surface area contributed by atoms with Crippen LogP contribution in [0.3, 0.4) is 0 Å². The molecule has 108 valence electrons. The maximum Gasteiger partial charge on any atom is 0.339 e. The van der Waals surface area contributed by atoms with E-state index in [-0.39, 0.29) is 18.2 Å². The highest BCUT2D eigenvalue weighted by Crippen LogP contribution is 2.28. The Morgan fingerprint density at radius 2 is 2.05 bits per heavy atom. The molecule has 0 radical (unpaired) electrons. The molecule has 1 aromatic heterocycles. The molecule has 1 saturated heterocycles. The summed E-state index contributed by atoms with van der Waals surface area (Å²) in [6, 6.07) is 1.91. The van der Waals surface area contributed by atoms with Gasteiger partial charge in [0.2, 0.25) is 0 Å². The van der Waals surface area contributed by atoms with Gasteiger partial charge >= 0.3 is 5.97 Å². The number of pyridine rings is 1. The molecule has 5 nitrogen and oxygen atoms in total. The summed E-state index contributed by atoms with van der Waals surface area (Å²) >= 11 is 0. The standard InChI is InChI=1S/C15H19NO4/c1-3-18-15(17)11-6-10-7-13-14(20-5-4-19-13)8-12(10)16-9(11)2/h6,13-14H,3-5,7-8H2,1-2H3. The third-order valence-electron chi connectivity index (χ3n) is 3.85. The van der Waals surface area contributed by atoms with Crippen LogP contribution in [0.15, 0.2) is 6.07 Å². The number of aromatic nitrogens is 1. The van der Waals surface area contributed by atoms with Crippen molar-refractivity contribution in [2.45, 2.75) is 38.9 Å². The minimum Gasteiger partial charge on any atom is -0.462 e. The number of fused-ring (bicyclic) bond motifs is 2. The molecular formula is C15H19NO4. The van der Waals surface area contributed by atoms with Crippen LogP contribution in [-0.4, -0.2) is 43.0 Å². The minimum atomic E-state index is -0.303. The molecule has 20 heavy (non-hydrogen) atoms. The number of aryl methyl sites for hydroxylation is 1. The van der Waals surface area contributed by atoms with Gasteiger partial charge in [-0.1, -0.05) is 0 Å². The van der Waals surface area contributed by atoms with Crippen molar-refractivity contribution in [1.29, 1.82) is 0 Å². The molecule has 2 unspecified atom stereocenters. The van der Waals surface area contributed by atoms with E-state index >= 15 is 0 Å². The number of carbonyl (C=O) groups is 1. The molecular weight excluding hydrogens is 258 g/mol. The van der Waals surface area contributed by atoms with E-state index < -0.39 is 0 Å². The first-order valence-electron chi connectivity index (χ1n) is 7.08. The maximum atomic E-state index is 11.9. The molecule has 2 heterocycles. The van der Waals surface area contributed by atoms with Crippen molar-refractivity contribution >= 4 is 5.97 Å². The van der Waals surface area contributed by atoms with Crippen molar-refractivity contribution in [2.24, 2.45) is 0 Å². The number of rotatable bonds is 2. The minimum absolute atomic E-state index is 0.0794. The van der Waals surface area contributed by atoms with E-state index in [1.54, 1.807) is 6.92 Å². The lowest BCUT2D eigenvalue weighted by Gasteiger charge is -2.36. The molecule has 3 rings (SSSR count). The van der Waals surface area contributed by atoms with Crippen LogP contribution in [0.4, 0.5) is 0 Å². The fraction of sp³-hybridized carbons (Fsp3) is 0.600. The summed E-state index contributed by atoms with van der Waals surface area (Å²) in [4.78, 5) is 16.5. The Morgan fingerprint density at radius 1 is 1.35 bits per heavy atom. The highest BCUT2D eigenvalue weighted by Gasteiger charge is 2.34. The number of ether oxygens (including phenoxy) is 3. The summed E-state index contributed by atoms with van der Waals surface area (Å²) in [6.07, 6.45) is 1.68. The Kier molecular flexibility index (Phi) is 3.72. The first kappa shape index (κ1) is 13.5. The normalized spacial score (nSPS) is 24.7. The zero-order valence-electron chi connectivity index (χ0n) is 11.8. The number of hydrogen-bond donors (Lipinski definition) is 0. The quantitative estimate of drug-likeness (QED) is 0.766. The second-order valence-electron chi connectivity index (χ2n) is 5.17. The van der Waals surface area contributed by atoms with Crippen molar-refractivity contribution in [2.75, 3.05) is 19.8 Å². The Balaban J connectivity index is 1.90. The van der Waals surface area contributed by atoms with Crippen LogP contribution in [-0.2, 0) is 27.1 Å². The third kappa shape index (κ3) is 2.43. The summed E-state index contributed by atoms with van der Waals surface area (Å²) in [5, 5.41) is 0. The summed E-state index contributed by atoms with van der Waals surface area (Å²) < 4.78 is 16.6. The Hall–Kier alpha value is -1.46. The van der Waals surface area contributed by atoms with Crippen molar-refractivity contribution in [3.63, 3.8) is 0 Å². The molecule has 0 amide bonds. The van der Waals surface area contributed by atoms with Gasteiger partial charge in [-0.2, -0.15) is 0 Å². The molecule has 5 heteroatoms. The van der Waals surface area contributed by atoms with Crippen LogP contribution in [0.1, 0.15) is 34.2 Å². The second kappa shape index (κ2) is 5.50. The Labute approximate surface area is 118 Å². The first-order valence-corrected chi connectivity index (χ1v) is 7.08. The monoisotopic (exact) mass is 277 g/mol. The molecule has 1 aliphatic heterocycles. The SMILES string of the molecule is CCOC(=O)c1cc2c(nc1C)CC1OCCOC1C2. The average Bonchev–Trinajstić information content (AvgIpc) is 2.44. The number of carbonyl (C=O) groups excluding carboxylic acids is 1. The van der Waals surface area contributed by atoms with Crippen LogP contribution < -0.4 is 0 Å². The molecule has 1 fully saturated rings. The molecule has 0 N–H and O–H groups in total. The molecule has 1 aromatic rings. The summed E-state index contributed by atoms with van der Waals surface area (Å²) in [5.74, 6) is -0.303. The summed E-state index contributed by atoms with van der Waals surface area (Å²) in [6.45, 7) is 5.31. The van der Waals surface area contributed by atoms with Gasteiger partial charge in [-0.05, 0) is 25.5 Å². The van der Waals surface area contributed by atoms with Crippen LogP contribution in [0.2, 0.25) is 0 Å². The summed E-state index contributed by atoms with van der Waals surface area (Å²) in [5.41, 5.74) is 3.37. The van der Waals surface area contributed by atoms with Gasteiger partial charge in [0.15, 0.2) is 0 Å². The number of nitrogens with zero attached hydrogens (tertiary/aromatic N) is 1. The van der Waals surface area contributed by atoms with Crippen LogP contribution in [0.25, 0.3) is 0 Å². The molecule has 0 saturated carbocycles. The zero-order chi connectivity index (χ0) is 14.1. The predicted molar refractivity (Wildman–Crippen MR) is 71.8 cm³/mol. The van der Waals surface area contributed by atoms with Gasteiger partial charge in [0, 0.05) is 18.5 Å². The molecule has 2 aliphatic rings. The van der Waals surface area contributed by atoms with Crippen LogP contribution in [0.5, 0.6) is 0 Å². The van der Waals surface area contributed by atoms with E-state index in [1.165, 1.54) is 0 Å². The van der Waals surface area contributed by atoms with Crippen molar-refractivity contribution < 1.29 is 19.0 Å². The molecule has 2 atom stereocenters. The largest absolute Gasteiger partial charge is 0.462 e. The van der Waals surface area contributed by atoms with Crippen molar-refractivity contribution in [1.82, 2.24) is 4.98 Å². The molecule has 0 bridgehead atoms. The number of esters is 1. The highest BCUT2D eigenvalue weighted by molar-refractivity contribution is 5.90. The fourth-order valence-corrected chi connectivity index (χ4v) is 2.87. The third-order valence-corrected chi connectivity index (χ3v) is 3.85. The zero-order valence-corrected chi connectivity index (χ0v) is 11.8. The van der Waals surface area contributed by atoms with E-state index in [4.69, 9.17) is 14.2 Å². The van der Waals surface area contributed by atoms with Gasteiger partial charge in [0.25, 0.3) is 0 Å². The lowest BCUT2D eigenvalue weighted by Crippen LogP contribution is -2.44. The van der Waals surface area contributed by atoms with Gasteiger partial charge < -0.3 is 14.2 Å². The van der Waals surface area contributed by atoms with Crippen LogP contribution >= 0.6 is 0 Å². The van der Waals surface area contributed by atoms with E-state index in [0.29, 0.717) is 25.4 Å². The molecule has 1 aliphatic carbocycles. The Morgan fingerprint density at radius 3 is 2.75 bits per heavy atom. The lowest BCUT2D eigenvalue weighted by molar-refractivity contribution is -0.142. The van der Waals surface area contributed by atoms with Gasteiger partial charge in [0.1, 0.15) is 0 Å². The topological polar surface area (TPSA) is 57.7 Å². The second-order valence-corrected chi connectivity index (χ2v) is 5.17. The highest BCUT2D eigenvalue weighted by atomic mass is 16.6. The average molecular weight is 277 g/mol. The summed E-state index contributed by atoms with van der Waals surface area (Å²) in [7, 11) is 0. The fourth-order valence-electron chi connectivity index (χ4n) is 2.87. The van der Waals surface area contributed by atoms with Gasteiger partial charge in [-0.15, -0.1) is 0 Å².